The molecule has 2 heterocycles. The van der Waals surface area contributed by atoms with Crippen LogP contribution in [-0.2, 0) is 60.8 Å². The van der Waals surface area contributed by atoms with Gasteiger partial charge in [-0.1, -0.05) is 21.6 Å². The van der Waals surface area contributed by atoms with Crippen LogP contribution in [0.15, 0.2) is 25.0 Å². The third-order valence-electron chi connectivity index (χ3n) is 8.32. The number of ketones is 1. The molecule has 0 aliphatic carbocycles. The highest BCUT2D eigenvalue weighted by Crippen LogP contribution is 2.34. The molecule has 6 atom stereocenters. The maximum absolute atomic E-state index is 14.8. The maximum Gasteiger partial charge on any atom is 0.322 e. The number of hydrogen-bond donors (Lipinski definition) is 13. The second kappa shape index (κ2) is 24.2. The minimum absolute atomic E-state index is 0.201. The zero-order valence-corrected chi connectivity index (χ0v) is 33.2. The predicted octanol–water partition coefficient (Wildman–Crippen LogP) is -5.11. The summed E-state index contributed by atoms with van der Waals surface area (Å²) in [5.41, 5.74) is 21.1. The number of imidazole rings is 2. The van der Waals surface area contributed by atoms with Crippen molar-refractivity contribution in [3.63, 3.8) is 0 Å². The first-order valence-electron chi connectivity index (χ1n) is 17.6. The first kappa shape index (κ1) is 50.2. The van der Waals surface area contributed by atoms with Gasteiger partial charge >= 0.3 is 23.9 Å². The van der Waals surface area contributed by atoms with E-state index in [0.717, 1.165) is 0 Å². The van der Waals surface area contributed by atoms with Crippen molar-refractivity contribution in [2.75, 3.05) is 24.6 Å². The number of H-pyrrole nitrogens is 2. The SMILES string of the molecule is N[C@@H](CCC(=O)N[C@@H](CSSC[C@](C(=O)NCC(=O)O)(C(=O)[C@@H](N)Cc1cnc[nH]1)N(C(=O)CC[C@H](N)C(=O)O)C(=O)[C@@H](N)Cc1cnc[nH]1)C(=O)NCC(=O)O)C(=O)O. The van der Waals surface area contributed by atoms with Crippen molar-refractivity contribution in [3.8, 4) is 0 Å². The van der Waals surface area contributed by atoms with Gasteiger partial charge in [0.1, 0.15) is 31.2 Å². The summed E-state index contributed by atoms with van der Waals surface area (Å²) in [6.07, 6.45) is 2.01. The van der Waals surface area contributed by atoms with Crippen LogP contribution >= 0.6 is 21.6 Å². The van der Waals surface area contributed by atoms with Gasteiger partial charge in [-0.25, -0.2) is 9.97 Å². The number of imide groups is 1. The van der Waals surface area contributed by atoms with Crippen molar-refractivity contribution in [3.05, 3.63) is 36.4 Å². The second-order valence-corrected chi connectivity index (χ2v) is 15.4. The van der Waals surface area contributed by atoms with Crippen molar-refractivity contribution < 1.29 is 68.4 Å². The van der Waals surface area contributed by atoms with Gasteiger partial charge in [0.15, 0.2) is 11.3 Å². The normalized spacial score (nSPS) is 14.5. The summed E-state index contributed by atoms with van der Waals surface area (Å²) in [6, 6.07) is -8.11. The Hall–Kier alpha value is -5.94. The molecule has 26 nitrogen and oxygen atoms in total. The van der Waals surface area contributed by atoms with E-state index in [9.17, 15) is 58.2 Å². The number of carboxylic acids is 4. The Morgan fingerprint density at radius 3 is 1.73 bits per heavy atom. The lowest BCUT2D eigenvalue weighted by molar-refractivity contribution is -0.164. The van der Waals surface area contributed by atoms with E-state index in [1.165, 1.54) is 25.0 Å². The van der Waals surface area contributed by atoms with Gasteiger partial charge in [0.2, 0.25) is 23.6 Å². The predicted molar refractivity (Wildman–Crippen MR) is 208 cm³/mol. The number of Topliss-reactive ketones (excluding diaryl/α,β-unsaturated/α-hetero) is 1. The van der Waals surface area contributed by atoms with Crippen LogP contribution in [0.25, 0.3) is 0 Å². The van der Waals surface area contributed by atoms with Crippen molar-refractivity contribution in [2.24, 2.45) is 22.9 Å². The Kier molecular flexibility index (Phi) is 20.3. The van der Waals surface area contributed by atoms with Crippen LogP contribution in [0, 0.1) is 0 Å². The Bertz CT molecular complexity index is 1850. The van der Waals surface area contributed by atoms with E-state index in [1.54, 1.807) is 0 Å². The molecule has 0 aliphatic heterocycles. The van der Waals surface area contributed by atoms with Gasteiger partial charge in [0.05, 0.1) is 24.7 Å². The topological polar surface area (TPSA) is 452 Å². The fourth-order valence-electron chi connectivity index (χ4n) is 5.17. The number of rotatable bonds is 28. The zero-order chi connectivity index (χ0) is 45.2. The van der Waals surface area contributed by atoms with E-state index < -0.39 is 139 Å². The molecule has 0 bridgehead atoms. The van der Waals surface area contributed by atoms with Gasteiger partial charge in [-0.2, -0.15) is 0 Å². The number of nitrogens with two attached hydrogens (primary N) is 4. The van der Waals surface area contributed by atoms with Gasteiger partial charge in [0, 0.05) is 61.0 Å². The summed E-state index contributed by atoms with van der Waals surface area (Å²) in [5, 5.41) is 43.4. The standard InChI is InChI=1S/C32H46N12O14S2/c33-17(29(54)55)1-3-22(45)43-21(27(52)39-9-24(47)48)11-59-60-12-32(31(58)40-10-25(49)50,26(51)19(35)5-15-7-37-13-41-15)44(23(46)4-2-18(34)30(56)57)28(53)20(36)6-16-8-38-14-42-16/h7-8,13-14,17-21H,1-6,9-12,33-36H2,(H,37,41)(H,38,42)(H,39,52)(H,40,58)(H,43,45)(H,47,48)(H,49,50)(H,54,55)(H,56,57)/t17-,18-,19-,20-,21-,32+/m0/s1. The number of nitrogens with one attached hydrogen (secondary N) is 5. The molecule has 2 aromatic rings. The second-order valence-electron chi connectivity index (χ2n) is 12.9. The number of carbonyl (C=O) groups is 10. The molecule has 28 heteroatoms. The fraction of sp³-hybridized carbons (Fsp3) is 0.500. The number of amides is 5. The van der Waals surface area contributed by atoms with Crippen LogP contribution in [0.3, 0.4) is 0 Å². The largest absolute Gasteiger partial charge is 0.480 e. The maximum atomic E-state index is 14.8. The van der Waals surface area contributed by atoms with Crippen molar-refractivity contribution in [2.45, 2.75) is 74.3 Å². The number of hydrogen-bond acceptors (Lipinski definition) is 18. The molecule has 0 saturated heterocycles. The van der Waals surface area contributed by atoms with E-state index in [1.807, 2.05) is 5.32 Å². The minimum Gasteiger partial charge on any atom is -0.480 e. The lowest BCUT2D eigenvalue weighted by Crippen LogP contribution is -2.73. The van der Waals surface area contributed by atoms with Crippen LogP contribution in [0.4, 0.5) is 0 Å². The highest BCUT2D eigenvalue weighted by atomic mass is 33.1. The third kappa shape index (κ3) is 15.3. The molecule has 0 aromatic carbocycles. The quantitative estimate of drug-likeness (QED) is 0.0216. The summed E-state index contributed by atoms with van der Waals surface area (Å²) >= 11 is 0. The lowest BCUT2D eigenvalue weighted by Gasteiger charge is -2.42. The number of carboxylic acid groups (broad SMARTS) is 4. The van der Waals surface area contributed by atoms with E-state index in [0.29, 0.717) is 21.6 Å². The molecular weight excluding hydrogens is 841 g/mol. The monoisotopic (exact) mass is 886 g/mol. The van der Waals surface area contributed by atoms with Gasteiger partial charge in [-0.05, 0) is 12.8 Å². The van der Waals surface area contributed by atoms with Crippen molar-refractivity contribution >= 4 is 80.8 Å². The van der Waals surface area contributed by atoms with Crippen molar-refractivity contribution in [1.29, 1.82) is 0 Å². The molecule has 17 N–H and O–H groups in total. The number of aliphatic carboxylic acids is 4. The molecular formula is C32H46N12O14S2. The summed E-state index contributed by atoms with van der Waals surface area (Å²) < 4.78 is 0. The van der Waals surface area contributed by atoms with Crippen LogP contribution < -0.4 is 38.9 Å². The average Bonchev–Trinajstić information content (AvgIpc) is 3.91. The van der Waals surface area contributed by atoms with E-state index in [-0.39, 0.29) is 35.6 Å². The number of carbonyl (C=O) groups excluding carboxylic acids is 6. The molecule has 0 fully saturated rings. The van der Waals surface area contributed by atoms with E-state index in [4.69, 9.17) is 33.1 Å². The van der Waals surface area contributed by atoms with Gasteiger partial charge in [0.25, 0.3) is 5.91 Å². The number of nitrogens with zero attached hydrogens (tertiary/aromatic N) is 3. The fourth-order valence-corrected chi connectivity index (χ4v) is 7.75. The van der Waals surface area contributed by atoms with Crippen LogP contribution in [0.2, 0.25) is 0 Å². The van der Waals surface area contributed by atoms with Gasteiger partial charge < -0.3 is 69.3 Å². The zero-order valence-electron chi connectivity index (χ0n) is 31.6. The molecule has 2 aromatic heterocycles. The molecule has 0 aliphatic rings. The average molecular weight is 887 g/mol. The number of aromatic amines is 2. The molecule has 330 valence electrons. The van der Waals surface area contributed by atoms with Crippen LogP contribution in [-0.4, -0.2) is 165 Å². The molecule has 0 saturated carbocycles. The molecule has 2 rings (SSSR count). The van der Waals surface area contributed by atoms with Crippen LogP contribution in [0.1, 0.15) is 37.1 Å². The Labute approximate surface area is 347 Å². The summed E-state index contributed by atoms with van der Waals surface area (Å²) in [4.78, 5) is 142. The summed E-state index contributed by atoms with van der Waals surface area (Å²) in [7, 11) is 1.20. The molecule has 60 heavy (non-hydrogen) atoms. The summed E-state index contributed by atoms with van der Waals surface area (Å²) in [6.45, 7) is -2.03. The molecule has 5 amide bonds. The minimum atomic E-state index is -3.07. The Morgan fingerprint density at radius 1 is 0.717 bits per heavy atom. The van der Waals surface area contributed by atoms with E-state index >= 15 is 0 Å². The lowest BCUT2D eigenvalue weighted by atomic mass is 9.85. The van der Waals surface area contributed by atoms with Crippen molar-refractivity contribution in [1.82, 2.24) is 40.8 Å². The smallest absolute Gasteiger partial charge is 0.322 e. The first-order valence-corrected chi connectivity index (χ1v) is 20.1. The van der Waals surface area contributed by atoms with Gasteiger partial charge in [-0.15, -0.1) is 0 Å². The molecule has 0 radical (unpaired) electrons. The summed E-state index contributed by atoms with van der Waals surface area (Å²) in [5.74, 6) is -14.9. The van der Waals surface area contributed by atoms with Crippen LogP contribution in [0.5, 0.6) is 0 Å². The highest BCUT2D eigenvalue weighted by molar-refractivity contribution is 8.76. The third-order valence-corrected chi connectivity index (χ3v) is 10.7. The first-order chi connectivity index (χ1) is 28.2. The molecule has 0 unspecified atom stereocenters. The van der Waals surface area contributed by atoms with Gasteiger partial charge in [-0.3, -0.25) is 52.8 Å². The van der Waals surface area contributed by atoms with E-state index in [2.05, 4.69) is 30.6 Å². The highest BCUT2D eigenvalue weighted by Gasteiger charge is 2.57. The number of aromatic nitrogens is 4. The Balaban J connectivity index is 2.71. The molecule has 0 spiro atoms. The Morgan fingerprint density at radius 2 is 1.23 bits per heavy atom.